The average molecular weight is 441 g/mol. The molecule has 1 N–H and O–H groups in total. The zero-order valence-electron chi connectivity index (χ0n) is 14.0. The minimum absolute atomic E-state index is 0.0504. The van der Waals surface area contributed by atoms with Crippen LogP contribution in [-0.4, -0.2) is 28.1 Å². The summed E-state index contributed by atoms with van der Waals surface area (Å²) in [6.07, 6.45) is -1.80. The van der Waals surface area contributed by atoms with E-state index in [1.54, 1.807) is 12.1 Å². The van der Waals surface area contributed by atoms with Gasteiger partial charge in [-0.1, -0.05) is 29.3 Å². The quantitative estimate of drug-likeness (QED) is 0.645. The number of hydrogen-bond acceptors (Lipinski definition) is 5. The highest BCUT2D eigenvalue weighted by Gasteiger charge is 2.38. The van der Waals surface area contributed by atoms with Gasteiger partial charge < -0.3 is 9.84 Å². The number of carbonyl (C=O) groups excluding carboxylic acids is 1. The zero-order valence-corrected chi connectivity index (χ0v) is 16.3. The molecule has 0 saturated heterocycles. The normalized spacial score (nSPS) is 16.2. The Labute approximate surface area is 172 Å². The third-order valence-corrected chi connectivity index (χ3v) is 5.98. The number of para-hydroxylation sites is 1. The molecule has 0 bridgehead atoms. The van der Waals surface area contributed by atoms with Crippen LogP contribution in [0.15, 0.2) is 30.3 Å². The minimum Gasteiger partial charge on any atom is -0.481 e. The van der Waals surface area contributed by atoms with Gasteiger partial charge in [-0.3, -0.25) is 14.5 Å². The maximum Gasteiger partial charge on any atom is 0.307 e. The molecule has 1 unspecified atom stereocenters. The van der Waals surface area contributed by atoms with Crippen molar-refractivity contribution < 1.29 is 23.8 Å². The lowest BCUT2D eigenvalue weighted by molar-refractivity contribution is -0.142. The van der Waals surface area contributed by atoms with E-state index >= 15 is 0 Å². The summed E-state index contributed by atoms with van der Waals surface area (Å²) >= 11 is 13.6. The average Bonchev–Trinajstić information content (AvgIpc) is 3.07. The molecule has 0 spiro atoms. The Morgan fingerprint density at radius 1 is 1.29 bits per heavy atom. The molecule has 2 aromatic carbocycles. The lowest BCUT2D eigenvalue weighted by Gasteiger charge is -2.33. The number of amides is 1. The Balaban J connectivity index is 1.77. The van der Waals surface area contributed by atoms with E-state index in [0.717, 1.165) is 4.90 Å². The van der Waals surface area contributed by atoms with Gasteiger partial charge in [-0.15, -0.1) is 11.3 Å². The maximum absolute atomic E-state index is 14.5. The van der Waals surface area contributed by atoms with E-state index in [1.807, 2.05) is 0 Å². The number of carboxylic acids is 1. The monoisotopic (exact) mass is 440 g/mol. The van der Waals surface area contributed by atoms with E-state index in [0.29, 0.717) is 25.3 Å². The molecular formula is C18H11Cl2FN2O4S. The molecule has 28 heavy (non-hydrogen) atoms. The highest BCUT2D eigenvalue weighted by molar-refractivity contribution is 7.19. The first kappa shape index (κ1) is 18.9. The molecule has 1 aliphatic heterocycles. The Morgan fingerprint density at radius 3 is 2.75 bits per heavy atom. The first-order chi connectivity index (χ1) is 13.3. The van der Waals surface area contributed by atoms with E-state index in [9.17, 15) is 14.0 Å². The summed E-state index contributed by atoms with van der Waals surface area (Å²) in [5.41, 5.74) is 0.441. The van der Waals surface area contributed by atoms with Gasteiger partial charge in [0.25, 0.3) is 5.91 Å². The van der Waals surface area contributed by atoms with Crippen molar-refractivity contribution in [2.45, 2.75) is 19.1 Å². The summed E-state index contributed by atoms with van der Waals surface area (Å²) in [6.45, 7) is -0.0712. The van der Waals surface area contributed by atoms with Gasteiger partial charge in [0, 0.05) is 0 Å². The van der Waals surface area contributed by atoms with Crippen molar-refractivity contribution >= 4 is 62.3 Å². The first-order valence-corrected chi connectivity index (χ1v) is 9.64. The molecule has 2 heterocycles. The van der Waals surface area contributed by atoms with Crippen molar-refractivity contribution in [3.05, 3.63) is 51.2 Å². The number of benzene rings is 2. The third kappa shape index (κ3) is 3.28. The number of carbonyl (C=O) groups is 2. The van der Waals surface area contributed by atoms with E-state index in [4.69, 9.17) is 33.0 Å². The van der Waals surface area contributed by atoms with Gasteiger partial charge in [-0.25, -0.2) is 9.37 Å². The number of nitrogens with zero attached hydrogens (tertiary/aromatic N) is 2. The number of fused-ring (bicyclic) bond motifs is 2. The maximum atomic E-state index is 14.5. The number of anilines is 1. The van der Waals surface area contributed by atoms with Gasteiger partial charge in [-0.2, -0.15) is 0 Å². The van der Waals surface area contributed by atoms with Crippen molar-refractivity contribution in [1.29, 1.82) is 0 Å². The molecule has 10 heteroatoms. The second-order valence-corrected chi connectivity index (χ2v) is 7.93. The Hall–Kier alpha value is -2.42. The molecule has 0 aliphatic carbocycles. The van der Waals surface area contributed by atoms with Gasteiger partial charge in [0.05, 0.1) is 27.7 Å². The summed E-state index contributed by atoms with van der Waals surface area (Å²) < 4.78 is 20.6. The predicted octanol–water partition coefficient (Wildman–Crippen LogP) is 4.51. The SMILES string of the molecule is O=C(O)CC1Oc2cccc(F)c2N(Cc2nc3c(Cl)ccc(Cl)c3s2)C1=O. The lowest BCUT2D eigenvalue weighted by atomic mass is 10.1. The number of halogens is 3. The summed E-state index contributed by atoms with van der Waals surface area (Å²) in [6, 6.07) is 7.38. The fourth-order valence-electron chi connectivity index (χ4n) is 2.98. The molecule has 1 aliphatic rings. The second-order valence-electron chi connectivity index (χ2n) is 6.03. The molecule has 1 aromatic heterocycles. The van der Waals surface area contributed by atoms with Crippen LogP contribution in [0.3, 0.4) is 0 Å². The molecule has 0 fully saturated rings. The van der Waals surface area contributed by atoms with Crippen LogP contribution in [0.2, 0.25) is 10.0 Å². The number of rotatable bonds is 4. The van der Waals surface area contributed by atoms with Crippen LogP contribution in [0.5, 0.6) is 5.75 Å². The van der Waals surface area contributed by atoms with Gasteiger partial charge in [0.2, 0.25) is 0 Å². The van der Waals surface area contributed by atoms with Crippen molar-refractivity contribution in [2.24, 2.45) is 0 Å². The van der Waals surface area contributed by atoms with Crippen LogP contribution >= 0.6 is 34.5 Å². The Bertz CT molecular complexity index is 1080. The lowest BCUT2D eigenvalue weighted by Crippen LogP contribution is -2.46. The number of thiazole rings is 1. The molecule has 4 rings (SSSR count). The Morgan fingerprint density at radius 2 is 2.04 bits per heavy atom. The zero-order chi connectivity index (χ0) is 20.0. The molecule has 1 atom stereocenters. The third-order valence-electron chi connectivity index (χ3n) is 4.17. The van der Waals surface area contributed by atoms with Crippen molar-refractivity contribution in [2.75, 3.05) is 4.90 Å². The van der Waals surface area contributed by atoms with E-state index in [2.05, 4.69) is 4.98 Å². The van der Waals surface area contributed by atoms with Gasteiger partial charge in [0.15, 0.2) is 11.9 Å². The fraction of sp³-hybridized carbons (Fsp3) is 0.167. The number of aromatic nitrogens is 1. The van der Waals surface area contributed by atoms with E-state index < -0.39 is 30.2 Å². The van der Waals surface area contributed by atoms with E-state index in [1.165, 1.54) is 29.5 Å². The van der Waals surface area contributed by atoms with Gasteiger partial charge in [0.1, 0.15) is 22.0 Å². The fourth-order valence-corrected chi connectivity index (χ4v) is 4.48. The highest BCUT2D eigenvalue weighted by Crippen LogP contribution is 2.40. The van der Waals surface area contributed by atoms with Crippen LogP contribution in [0, 0.1) is 5.82 Å². The molecule has 0 saturated carbocycles. The molecule has 0 radical (unpaired) electrons. The van der Waals surface area contributed by atoms with Crippen molar-refractivity contribution in [3.63, 3.8) is 0 Å². The molecule has 144 valence electrons. The largest absolute Gasteiger partial charge is 0.481 e. The van der Waals surface area contributed by atoms with Gasteiger partial charge >= 0.3 is 5.97 Å². The van der Waals surface area contributed by atoms with Crippen LogP contribution in [0.1, 0.15) is 11.4 Å². The summed E-state index contributed by atoms with van der Waals surface area (Å²) in [5, 5.41) is 10.4. The van der Waals surface area contributed by atoms with Crippen molar-refractivity contribution in [1.82, 2.24) is 4.98 Å². The van der Waals surface area contributed by atoms with Crippen LogP contribution in [-0.2, 0) is 16.1 Å². The number of hydrogen-bond donors (Lipinski definition) is 1. The smallest absolute Gasteiger partial charge is 0.307 e. The van der Waals surface area contributed by atoms with E-state index in [-0.39, 0.29) is 18.0 Å². The predicted molar refractivity (Wildman–Crippen MR) is 104 cm³/mol. The molecular weight excluding hydrogens is 430 g/mol. The summed E-state index contributed by atoms with van der Waals surface area (Å²) in [5.74, 6) is -2.41. The topological polar surface area (TPSA) is 79.7 Å². The minimum atomic E-state index is -1.26. The van der Waals surface area contributed by atoms with Crippen LogP contribution in [0.4, 0.5) is 10.1 Å². The molecule has 1 amide bonds. The number of carboxylic acid groups (broad SMARTS) is 1. The summed E-state index contributed by atoms with van der Waals surface area (Å²) in [4.78, 5) is 29.5. The Kier molecular flexibility index (Phi) is 4.86. The number of aliphatic carboxylic acids is 1. The second kappa shape index (κ2) is 7.20. The summed E-state index contributed by atoms with van der Waals surface area (Å²) in [7, 11) is 0. The first-order valence-electron chi connectivity index (χ1n) is 8.07. The highest BCUT2D eigenvalue weighted by atomic mass is 35.5. The number of ether oxygens (including phenoxy) is 1. The van der Waals surface area contributed by atoms with Crippen LogP contribution < -0.4 is 9.64 Å². The van der Waals surface area contributed by atoms with Crippen molar-refractivity contribution in [3.8, 4) is 5.75 Å². The van der Waals surface area contributed by atoms with Crippen LogP contribution in [0.25, 0.3) is 10.2 Å². The molecule has 6 nitrogen and oxygen atoms in total. The molecule has 3 aromatic rings. The standard InChI is InChI=1S/C18H11Cl2FN2O4S/c19-8-4-5-9(20)17-15(8)22-13(28-17)7-23-16-10(21)2-1-3-11(16)27-12(18(23)26)6-14(24)25/h1-5,12H,6-7H2,(H,24,25). The van der Waals surface area contributed by atoms with Gasteiger partial charge in [-0.05, 0) is 24.3 Å².